The lowest BCUT2D eigenvalue weighted by molar-refractivity contribution is 0.101. The molecular weight excluding hydrogens is 252 g/mol. The number of ether oxygens (including phenoxy) is 2. The number of methoxy groups -OCH3 is 1. The number of aryl methyl sites for hydroxylation is 1. The maximum Gasteiger partial charge on any atom is 0.231 e. The van der Waals surface area contributed by atoms with Crippen LogP contribution in [0.4, 0.5) is 0 Å². The van der Waals surface area contributed by atoms with E-state index in [1.807, 2.05) is 49.4 Å². The van der Waals surface area contributed by atoms with E-state index < -0.39 is 0 Å². The summed E-state index contributed by atoms with van der Waals surface area (Å²) in [6.07, 6.45) is 1.75. The summed E-state index contributed by atoms with van der Waals surface area (Å²) in [6.45, 7) is 1.96. The van der Waals surface area contributed by atoms with Crippen LogP contribution in [0.1, 0.15) is 21.5 Å². The third-order valence-corrected chi connectivity index (χ3v) is 3.24. The highest BCUT2D eigenvalue weighted by Crippen LogP contribution is 2.32. The van der Waals surface area contributed by atoms with Gasteiger partial charge in [0, 0.05) is 0 Å². The highest BCUT2D eigenvalue weighted by atomic mass is 16.5. The molecule has 2 aromatic carbocycles. The lowest BCUT2D eigenvalue weighted by Gasteiger charge is -2.01. The molecule has 0 atom stereocenters. The Balaban J connectivity index is 1.92. The van der Waals surface area contributed by atoms with Crippen LogP contribution in [0, 0.1) is 6.92 Å². The van der Waals surface area contributed by atoms with E-state index in [0.29, 0.717) is 17.1 Å². The van der Waals surface area contributed by atoms with Crippen molar-refractivity contribution in [3.8, 4) is 11.5 Å². The van der Waals surface area contributed by atoms with Crippen molar-refractivity contribution in [2.75, 3.05) is 7.11 Å². The molecule has 1 aliphatic heterocycles. The Morgan fingerprint density at radius 1 is 1.10 bits per heavy atom. The van der Waals surface area contributed by atoms with E-state index >= 15 is 0 Å². The molecule has 0 spiro atoms. The van der Waals surface area contributed by atoms with Gasteiger partial charge in [0.25, 0.3) is 0 Å². The standard InChI is InChI=1S/C17H14O3/c1-11-3-8-15-14(9-11)17(18)16(20-15)10-12-4-6-13(19-2)7-5-12/h3-10H,1-2H3/b16-10-. The molecule has 0 radical (unpaired) electrons. The van der Waals surface area contributed by atoms with E-state index in [2.05, 4.69) is 0 Å². The molecule has 0 unspecified atom stereocenters. The Kier molecular flexibility index (Phi) is 3.03. The van der Waals surface area contributed by atoms with E-state index in [9.17, 15) is 4.79 Å². The Hall–Kier alpha value is -2.55. The topological polar surface area (TPSA) is 35.5 Å². The molecule has 0 fully saturated rings. The largest absolute Gasteiger partial charge is 0.497 e. The Bertz CT molecular complexity index is 697. The van der Waals surface area contributed by atoms with Crippen LogP contribution >= 0.6 is 0 Å². The van der Waals surface area contributed by atoms with E-state index in [4.69, 9.17) is 9.47 Å². The third-order valence-electron chi connectivity index (χ3n) is 3.24. The lowest BCUT2D eigenvalue weighted by Crippen LogP contribution is -1.98. The average molecular weight is 266 g/mol. The van der Waals surface area contributed by atoms with Gasteiger partial charge in [-0.2, -0.15) is 0 Å². The molecule has 0 saturated heterocycles. The summed E-state index contributed by atoms with van der Waals surface area (Å²) in [6, 6.07) is 13.1. The molecule has 3 heteroatoms. The quantitative estimate of drug-likeness (QED) is 0.779. The van der Waals surface area contributed by atoms with Gasteiger partial charge >= 0.3 is 0 Å². The van der Waals surface area contributed by atoms with E-state index in [0.717, 1.165) is 16.9 Å². The van der Waals surface area contributed by atoms with Gasteiger partial charge in [0.05, 0.1) is 12.7 Å². The molecular formula is C17H14O3. The zero-order chi connectivity index (χ0) is 14.1. The fourth-order valence-electron chi connectivity index (χ4n) is 2.15. The van der Waals surface area contributed by atoms with Gasteiger partial charge in [-0.15, -0.1) is 0 Å². The third kappa shape index (κ3) is 2.18. The molecule has 0 N–H and O–H groups in total. The predicted molar refractivity (Wildman–Crippen MR) is 77.1 cm³/mol. The van der Waals surface area contributed by atoms with Crippen LogP contribution in [0.5, 0.6) is 11.5 Å². The van der Waals surface area contributed by atoms with E-state index in [1.165, 1.54) is 0 Å². The number of hydrogen-bond donors (Lipinski definition) is 0. The molecule has 0 aliphatic carbocycles. The minimum absolute atomic E-state index is 0.0699. The van der Waals surface area contributed by atoms with Crippen molar-refractivity contribution in [2.24, 2.45) is 0 Å². The van der Waals surface area contributed by atoms with Crippen LogP contribution in [0.3, 0.4) is 0 Å². The van der Waals surface area contributed by atoms with Crippen LogP contribution in [0.2, 0.25) is 0 Å². The van der Waals surface area contributed by atoms with Crippen molar-refractivity contribution in [1.29, 1.82) is 0 Å². The normalized spacial score (nSPS) is 15.1. The van der Waals surface area contributed by atoms with Crippen LogP contribution < -0.4 is 9.47 Å². The predicted octanol–water partition coefficient (Wildman–Crippen LogP) is 3.62. The Labute approximate surface area is 117 Å². The number of hydrogen-bond acceptors (Lipinski definition) is 3. The number of Topliss-reactive ketones (excluding diaryl/α,β-unsaturated/α-hetero) is 1. The van der Waals surface area contributed by atoms with Crippen LogP contribution in [0.25, 0.3) is 6.08 Å². The minimum atomic E-state index is -0.0699. The first-order valence-electron chi connectivity index (χ1n) is 6.36. The van der Waals surface area contributed by atoms with Crippen molar-refractivity contribution in [3.05, 3.63) is 64.9 Å². The summed E-state index contributed by atoms with van der Waals surface area (Å²) in [7, 11) is 1.62. The highest BCUT2D eigenvalue weighted by Gasteiger charge is 2.26. The molecule has 100 valence electrons. The Morgan fingerprint density at radius 3 is 2.55 bits per heavy atom. The monoisotopic (exact) mass is 266 g/mol. The fraction of sp³-hybridized carbons (Fsp3) is 0.118. The van der Waals surface area contributed by atoms with Gasteiger partial charge in [-0.1, -0.05) is 23.8 Å². The van der Waals surface area contributed by atoms with Gasteiger partial charge in [-0.25, -0.2) is 0 Å². The zero-order valence-corrected chi connectivity index (χ0v) is 11.3. The van der Waals surface area contributed by atoms with Gasteiger partial charge in [0.2, 0.25) is 5.78 Å². The summed E-state index contributed by atoms with van der Waals surface area (Å²) in [5, 5.41) is 0. The number of carbonyl (C=O) groups is 1. The molecule has 0 amide bonds. The highest BCUT2D eigenvalue weighted by molar-refractivity contribution is 6.14. The first kappa shape index (κ1) is 12.5. The van der Waals surface area contributed by atoms with Gasteiger partial charge in [0.1, 0.15) is 11.5 Å². The molecule has 0 bridgehead atoms. The molecule has 1 heterocycles. The summed E-state index contributed by atoms with van der Waals surface area (Å²) in [4.78, 5) is 12.3. The molecule has 1 aliphatic rings. The zero-order valence-electron chi connectivity index (χ0n) is 11.3. The van der Waals surface area contributed by atoms with Crippen LogP contribution in [0.15, 0.2) is 48.2 Å². The van der Waals surface area contributed by atoms with Crippen molar-refractivity contribution in [3.63, 3.8) is 0 Å². The van der Waals surface area contributed by atoms with E-state index in [-0.39, 0.29) is 5.78 Å². The van der Waals surface area contributed by atoms with Gasteiger partial charge in [-0.3, -0.25) is 4.79 Å². The van der Waals surface area contributed by atoms with Crippen molar-refractivity contribution < 1.29 is 14.3 Å². The first-order valence-corrected chi connectivity index (χ1v) is 6.36. The molecule has 20 heavy (non-hydrogen) atoms. The van der Waals surface area contributed by atoms with E-state index in [1.54, 1.807) is 13.2 Å². The lowest BCUT2D eigenvalue weighted by atomic mass is 10.1. The van der Waals surface area contributed by atoms with Crippen molar-refractivity contribution in [2.45, 2.75) is 6.92 Å². The minimum Gasteiger partial charge on any atom is -0.497 e. The molecule has 3 rings (SSSR count). The van der Waals surface area contributed by atoms with Gasteiger partial charge in [0.15, 0.2) is 5.76 Å². The first-order chi connectivity index (χ1) is 9.67. The number of carbonyl (C=O) groups excluding carboxylic acids is 1. The number of benzene rings is 2. The number of allylic oxidation sites excluding steroid dienone is 1. The second-order valence-corrected chi connectivity index (χ2v) is 4.71. The fourth-order valence-corrected chi connectivity index (χ4v) is 2.15. The average Bonchev–Trinajstić information content (AvgIpc) is 2.76. The maximum atomic E-state index is 12.3. The Morgan fingerprint density at radius 2 is 1.85 bits per heavy atom. The van der Waals surface area contributed by atoms with Crippen LogP contribution in [-0.2, 0) is 0 Å². The summed E-state index contributed by atoms with van der Waals surface area (Å²) >= 11 is 0. The molecule has 0 saturated carbocycles. The van der Waals surface area contributed by atoms with Gasteiger partial charge < -0.3 is 9.47 Å². The van der Waals surface area contributed by atoms with Gasteiger partial charge in [-0.05, 0) is 42.8 Å². The molecule has 0 aromatic heterocycles. The van der Waals surface area contributed by atoms with Crippen molar-refractivity contribution >= 4 is 11.9 Å². The van der Waals surface area contributed by atoms with Crippen molar-refractivity contribution in [1.82, 2.24) is 0 Å². The number of ketones is 1. The number of fused-ring (bicyclic) bond motifs is 1. The summed E-state index contributed by atoms with van der Waals surface area (Å²) < 4.78 is 10.7. The molecule has 3 nitrogen and oxygen atoms in total. The number of rotatable bonds is 2. The van der Waals surface area contributed by atoms with Crippen LogP contribution in [-0.4, -0.2) is 12.9 Å². The second-order valence-electron chi connectivity index (χ2n) is 4.71. The second kappa shape index (κ2) is 4.85. The summed E-state index contributed by atoms with van der Waals surface area (Å²) in [5.74, 6) is 1.69. The maximum absolute atomic E-state index is 12.3. The summed E-state index contributed by atoms with van der Waals surface area (Å²) in [5.41, 5.74) is 2.58. The smallest absolute Gasteiger partial charge is 0.231 e. The molecule has 2 aromatic rings. The SMILES string of the molecule is COc1ccc(/C=C2\Oc3ccc(C)cc3C2=O)cc1.